The third kappa shape index (κ3) is 4.22. The lowest BCUT2D eigenvalue weighted by molar-refractivity contribution is -0.140. The van der Waals surface area contributed by atoms with E-state index in [9.17, 15) is 24.2 Å². The van der Waals surface area contributed by atoms with Crippen LogP contribution in [0.3, 0.4) is 0 Å². The number of ketones is 1. The van der Waals surface area contributed by atoms with Gasteiger partial charge in [0, 0.05) is 6.54 Å². The lowest BCUT2D eigenvalue weighted by Crippen LogP contribution is -2.29. The maximum atomic E-state index is 13.4. The molecule has 1 saturated heterocycles. The van der Waals surface area contributed by atoms with Gasteiger partial charge in [-0.05, 0) is 54.4 Å². The van der Waals surface area contributed by atoms with E-state index in [0.29, 0.717) is 16.9 Å². The fourth-order valence-corrected chi connectivity index (χ4v) is 4.21. The Labute approximate surface area is 200 Å². The molecular formula is C26H21ClFNO5. The number of ether oxygens (including phenoxy) is 1. The zero-order valence-corrected chi connectivity index (χ0v) is 19.1. The van der Waals surface area contributed by atoms with Crippen LogP contribution in [0.4, 0.5) is 4.39 Å². The van der Waals surface area contributed by atoms with Crippen LogP contribution in [-0.4, -0.2) is 33.9 Å². The van der Waals surface area contributed by atoms with Crippen molar-refractivity contribution in [2.24, 2.45) is 0 Å². The number of phenols is 1. The first kappa shape index (κ1) is 23.3. The summed E-state index contributed by atoms with van der Waals surface area (Å²) in [6.45, 7) is 1.80. The maximum absolute atomic E-state index is 13.4. The van der Waals surface area contributed by atoms with Crippen molar-refractivity contribution in [2.45, 2.75) is 19.5 Å². The van der Waals surface area contributed by atoms with Crippen LogP contribution in [0, 0.1) is 12.7 Å². The summed E-state index contributed by atoms with van der Waals surface area (Å²) < 4.78 is 18.8. The molecule has 0 saturated carbocycles. The van der Waals surface area contributed by atoms with Crippen LogP contribution in [0.1, 0.15) is 28.3 Å². The van der Waals surface area contributed by atoms with Gasteiger partial charge in [-0.1, -0.05) is 41.4 Å². The predicted octanol–water partition coefficient (Wildman–Crippen LogP) is 5.12. The molecule has 0 aromatic heterocycles. The van der Waals surface area contributed by atoms with Crippen molar-refractivity contribution in [1.29, 1.82) is 0 Å². The van der Waals surface area contributed by atoms with E-state index in [2.05, 4.69) is 0 Å². The summed E-state index contributed by atoms with van der Waals surface area (Å²) in [6, 6.07) is 14.0. The summed E-state index contributed by atoms with van der Waals surface area (Å²) in [5.41, 5.74) is 1.94. The number of carbonyl (C=O) groups excluding carboxylic acids is 2. The van der Waals surface area contributed by atoms with Gasteiger partial charge in [0.25, 0.3) is 11.7 Å². The summed E-state index contributed by atoms with van der Waals surface area (Å²) in [5, 5.41) is 21.2. The number of nitrogens with zero attached hydrogens (tertiary/aromatic N) is 1. The van der Waals surface area contributed by atoms with Crippen molar-refractivity contribution >= 4 is 29.1 Å². The molecule has 6 nitrogen and oxygen atoms in total. The highest BCUT2D eigenvalue weighted by Gasteiger charge is 2.46. The first-order valence-corrected chi connectivity index (χ1v) is 10.8. The maximum Gasteiger partial charge on any atom is 0.295 e. The van der Waals surface area contributed by atoms with Crippen LogP contribution in [0.5, 0.6) is 11.5 Å². The second-order valence-electron chi connectivity index (χ2n) is 7.97. The number of carbonyl (C=O) groups is 2. The number of aliphatic hydroxyl groups excluding tert-OH is 1. The van der Waals surface area contributed by atoms with Crippen molar-refractivity contribution in [3.05, 3.63) is 99.3 Å². The Morgan fingerprint density at radius 2 is 1.79 bits per heavy atom. The average molecular weight is 482 g/mol. The molecule has 0 aliphatic carbocycles. The number of Topliss-reactive ketones (excluding diaryl/α,β-unsaturated/α-hetero) is 1. The van der Waals surface area contributed by atoms with Crippen molar-refractivity contribution in [2.75, 3.05) is 7.11 Å². The van der Waals surface area contributed by atoms with Crippen LogP contribution in [-0.2, 0) is 16.1 Å². The molecule has 8 heteroatoms. The highest BCUT2D eigenvalue weighted by molar-refractivity contribution is 6.46. The summed E-state index contributed by atoms with van der Waals surface area (Å²) in [4.78, 5) is 27.6. The quantitative estimate of drug-likeness (QED) is 0.300. The Balaban J connectivity index is 1.92. The van der Waals surface area contributed by atoms with Crippen molar-refractivity contribution in [3.63, 3.8) is 0 Å². The molecule has 1 fully saturated rings. The Bertz CT molecular complexity index is 1320. The standard InChI is InChI=1S/C26H21ClFNO5/c1-14-3-10-21(34-2)18(11-14)24(31)22-23(16-6-9-20(30)19(27)12-16)29(26(33)25(22)32)13-15-4-7-17(28)8-5-15/h3-12,23,30-31H,13H2,1-2H3/b24-22+. The van der Waals surface area contributed by atoms with Crippen LogP contribution < -0.4 is 4.74 Å². The number of methoxy groups -OCH3 is 1. The van der Waals surface area contributed by atoms with Gasteiger partial charge in [-0.2, -0.15) is 0 Å². The summed E-state index contributed by atoms with van der Waals surface area (Å²) in [5.74, 6) is -2.37. The Morgan fingerprint density at radius 1 is 1.09 bits per heavy atom. The number of aromatic hydroxyl groups is 1. The number of halogens is 2. The van der Waals surface area contributed by atoms with Crippen molar-refractivity contribution in [1.82, 2.24) is 4.90 Å². The SMILES string of the molecule is COc1ccc(C)cc1/C(O)=C1\C(=O)C(=O)N(Cc2ccc(F)cc2)C1c1ccc(O)c(Cl)c1. The number of benzene rings is 3. The van der Waals surface area contributed by atoms with Gasteiger partial charge >= 0.3 is 0 Å². The third-order valence-electron chi connectivity index (χ3n) is 5.70. The Morgan fingerprint density at radius 3 is 2.44 bits per heavy atom. The molecule has 1 amide bonds. The number of rotatable bonds is 5. The molecule has 1 heterocycles. The lowest BCUT2D eigenvalue weighted by atomic mass is 9.94. The Kier molecular flexibility index (Phi) is 6.30. The molecule has 2 N–H and O–H groups in total. The molecule has 3 aromatic carbocycles. The molecular weight excluding hydrogens is 461 g/mol. The number of amides is 1. The number of hydrogen-bond acceptors (Lipinski definition) is 5. The second-order valence-corrected chi connectivity index (χ2v) is 8.38. The van der Waals surface area contributed by atoms with Crippen LogP contribution in [0.15, 0.2) is 66.2 Å². The highest BCUT2D eigenvalue weighted by atomic mass is 35.5. The third-order valence-corrected chi connectivity index (χ3v) is 6.01. The minimum Gasteiger partial charge on any atom is -0.507 e. The van der Waals surface area contributed by atoms with Gasteiger partial charge in [0.1, 0.15) is 23.1 Å². The van der Waals surface area contributed by atoms with Gasteiger partial charge in [0.15, 0.2) is 0 Å². The zero-order valence-electron chi connectivity index (χ0n) is 18.4. The van der Waals surface area contributed by atoms with E-state index in [1.165, 1.54) is 54.5 Å². The molecule has 0 spiro atoms. The first-order valence-electron chi connectivity index (χ1n) is 10.4. The summed E-state index contributed by atoms with van der Waals surface area (Å²) in [6.07, 6.45) is 0. The number of phenolic OH excluding ortho intramolecular Hbond substituents is 1. The van der Waals surface area contributed by atoms with Crippen LogP contribution in [0.25, 0.3) is 5.76 Å². The van der Waals surface area contributed by atoms with E-state index in [0.717, 1.165) is 5.56 Å². The van der Waals surface area contributed by atoms with E-state index < -0.39 is 29.3 Å². The minimum atomic E-state index is -1.01. The molecule has 34 heavy (non-hydrogen) atoms. The second kappa shape index (κ2) is 9.19. The molecule has 0 bridgehead atoms. The predicted molar refractivity (Wildman–Crippen MR) is 125 cm³/mol. The summed E-state index contributed by atoms with van der Waals surface area (Å²) in [7, 11) is 1.44. The molecule has 4 rings (SSSR count). The first-order chi connectivity index (χ1) is 16.2. The van der Waals surface area contributed by atoms with Gasteiger partial charge in [0.05, 0.1) is 29.3 Å². The fraction of sp³-hybridized carbons (Fsp3) is 0.154. The topological polar surface area (TPSA) is 87.1 Å². The minimum absolute atomic E-state index is 0.0181. The highest BCUT2D eigenvalue weighted by Crippen LogP contribution is 2.43. The van der Waals surface area contributed by atoms with Crippen LogP contribution >= 0.6 is 11.6 Å². The van der Waals surface area contributed by atoms with Gasteiger partial charge < -0.3 is 19.8 Å². The van der Waals surface area contributed by atoms with Gasteiger partial charge in [-0.3, -0.25) is 9.59 Å². The fourth-order valence-electron chi connectivity index (χ4n) is 4.02. The average Bonchev–Trinajstić information content (AvgIpc) is 3.06. The van der Waals surface area contributed by atoms with Crippen LogP contribution in [0.2, 0.25) is 5.02 Å². The largest absolute Gasteiger partial charge is 0.507 e. The Hall–Kier alpha value is -3.84. The van der Waals surface area contributed by atoms with Gasteiger partial charge in [0.2, 0.25) is 0 Å². The molecule has 1 aliphatic rings. The molecule has 1 unspecified atom stereocenters. The monoisotopic (exact) mass is 481 g/mol. The number of aryl methyl sites for hydroxylation is 1. The normalized spacial score (nSPS) is 17.3. The van der Waals surface area contributed by atoms with Crippen molar-refractivity contribution < 1.29 is 28.9 Å². The lowest BCUT2D eigenvalue weighted by Gasteiger charge is -2.26. The molecule has 0 radical (unpaired) electrons. The van der Waals surface area contributed by atoms with E-state index in [1.807, 2.05) is 6.92 Å². The number of hydrogen-bond donors (Lipinski definition) is 2. The smallest absolute Gasteiger partial charge is 0.295 e. The number of aliphatic hydroxyl groups is 1. The van der Waals surface area contributed by atoms with Gasteiger partial charge in [-0.25, -0.2) is 4.39 Å². The molecule has 174 valence electrons. The van der Waals surface area contributed by atoms with Gasteiger partial charge in [-0.15, -0.1) is 0 Å². The number of likely N-dealkylation sites (tertiary alicyclic amines) is 1. The zero-order chi connectivity index (χ0) is 24.6. The molecule has 3 aromatic rings. The van der Waals surface area contributed by atoms with Crippen molar-refractivity contribution in [3.8, 4) is 11.5 Å². The summed E-state index contributed by atoms with van der Waals surface area (Å²) >= 11 is 6.12. The molecule has 1 aliphatic heterocycles. The van der Waals surface area contributed by atoms with E-state index in [-0.39, 0.29) is 28.5 Å². The van der Waals surface area contributed by atoms with E-state index in [4.69, 9.17) is 16.3 Å². The molecule has 1 atom stereocenters. The van der Waals surface area contributed by atoms with E-state index >= 15 is 0 Å². The van der Waals surface area contributed by atoms with E-state index in [1.54, 1.807) is 18.2 Å².